The second-order valence-electron chi connectivity index (χ2n) is 4.12. The summed E-state index contributed by atoms with van der Waals surface area (Å²) < 4.78 is 5.80. The molecule has 1 atom stereocenters. The van der Waals surface area contributed by atoms with Crippen molar-refractivity contribution in [2.45, 2.75) is 31.5 Å². The molecule has 14 heavy (non-hydrogen) atoms. The number of carbonyl (C=O) groups excluding carboxylic acids is 1. The number of hydrogen-bond donors (Lipinski definition) is 1. The van der Waals surface area contributed by atoms with Crippen molar-refractivity contribution in [3.8, 4) is 0 Å². The van der Waals surface area contributed by atoms with Gasteiger partial charge in [-0.25, -0.2) is 0 Å². The van der Waals surface area contributed by atoms with Crippen LogP contribution in [0.3, 0.4) is 0 Å². The monoisotopic (exact) mass is 198 g/mol. The molecule has 80 valence electrons. The van der Waals surface area contributed by atoms with Gasteiger partial charge in [0.1, 0.15) is 6.10 Å². The molecule has 1 N–H and O–H groups in total. The molecule has 4 nitrogen and oxygen atoms in total. The lowest BCUT2D eigenvalue weighted by Gasteiger charge is -2.25. The maximum atomic E-state index is 11.6. The molecule has 0 aromatic carbocycles. The van der Waals surface area contributed by atoms with Crippen LogP contribution in [0, 0.1) is 0 Å². The lowest BCUT2D eigenvalue weighted by Crippen LogP contribution is -2.37. The summed E-state index contributed by atoms with van der Waals surface area (Å²) in [6.07, 6.45) is 3.06. The van der Waals surface area contributed by atoms with Crippen LogP contribution < -0.4 is 5.32 Å². The number of carbonyl (C=O) groups is 1. The molecule has 0 aromatic heterocycles. The third-order valence-corrected chi connectivity index (χ3v) is 3.02. The predicted molar refractivity (Wildman–Crippen MR) is 53.0 cm³/mol. The van der Waals surface area contributed by atoms with E-state index in [0.717, 1.165) is 38.9 Å². The first-order valence-electron chi connectivity index (χ1n) is 5.38. The standard InChI is InChI=1S/C10H18N2O2/c1-12-7-4-9(10(12)13)14-8-2-5-11-6-3-8/h8-9,11H,2-7H2,1H3. The highest BCUT2D eigenvalue weighted by atomic mass is 16.5. The Balaban J connectivity index is 1.82. The van der Waals surface area contributed by atoms with Crippen molar-refractivity contribution in [2.75, 3.05) is 26.7 Å². The Morgan fingerprint density at radius 2 is 2.07 bits per heavy atom. The lowest BCUT2D eigenvalue weighted by molar-refractivity contribution is -0.140. The number of ether oxygens (including phenoxy) is 1. The summed E-state index contributed by atoms with van der Waals surface area (Å²) in [4.78, 5) is 13.3. The van der Waals surface area contributed by atoms with E-state index in [1.807, 2.05) is 7.05 Å². The summed E-state index contributed by atoms with van der Waals surface area (Å²) in [6.45, 7) is 2.87. The Kier molecular flexibility index (Phi) is 3.03. The molecular formula is C10H18N2O2. The summed E-state index contributed by atoms with van der Waals surface area (Å²) in [6, 6.07) is 0. The van der Waals surface area contributed by atoms with Gasteiger partial charge in [0, 0.05) is 20.0 Å². The molecule has 0 bridgehead atoms. The third kappa shape index (κ3) is 2.07. The molecule has 2 aliphatic heterocycles. The zero-order valence-electron chi connectivity index (χ0n) is 8.66. The van der Waals surface area contributed by atoms with Gasteiger partial charge >= 0.3 is 0 Å². The zero-order valence-corrected chi connectivity index (χ0v) is 8.66. The molecule has 1 amide bonds. The van der Waals surface area contributed by atoms with E-state index in [4.69, 9.17) is 4.74 Å². The largest absolute Gasteiger partial charge is 0.365 e. The Morgan fingerprint density at radius 3 is 2.64 bits per heavy atom. The van der Waals surface area contributed by atoms with E-state index in [2.05, 4.69) is 5.32 Å². The van der Waals surface area contributed by atoms with Crippen molar-refractivity contribution >= 4 is 5.91 Å². The summed E-state index contributed by atoms with van der Waals surface area (Å²) >= 11 is 0. The number of likely N-dealkylation sites (tertiary alicyclic amines) is 1. The molecule has 4 heteroatoms. The van der Waals surface area contributed by atoms with Gasteiger partial charge in [0.25, 0.3) is 5.91 Å². The Labute approximate surface area is 84.6 Å². The van der Waals surface area contributed by atoms with Crippen LogP contribution in [-0.2, 0) is 9.53 Å². The van der Waals surface area contributed by atoms with E-state index in [1.165, 1.54) is 0 Å². The minimum absolute atomic E-state index is 0.156. The van der Waals surface area contributed by atoms with E-state index in [9.17, 15) is 4.79 Å². The van der Waals surface area contributed by atoms with Gasteiger partial charge in [-0.2, -0.15) is 0 Å². The van der Waals surface area contributed by atoms with Crippen molar-refractivity contribution in [3.63, 3.8) is 0 Å². The zero-order chi connectivity index (χ0) is 9.97. The quantitative estimate of drug-likeness (QED) is 0.678. The van der Waals surface area contributed by atoms with Crippen molar-refractivity contribution in [1.82, 2.24) is 10.2 Å². The van der Waals surface area contributed by atoms with E-state index in [-0.39, 0.29) is 18.1 Å². The lowest BCUT2D eigenvalue weighted by atomic mass is 10.1. The first kappa shape index (κ1) is 9.93. The first-order chi connectivity index (χ1) is 6.77. The second kappa shape index (κ2) is 4.28. The molecule has 0 aromatic rings. The highest BCUT2D eigenvalue weighted by molar-refractivity contribution is 5.82. The van der Waals surface area contributed by atoms with Crippen LogP contribution in [0.15, 0.2) is 0 Å². The smallest absolute Gasteiger partial charge is 0.251 e. The number of likely N-dealkylation sites (N-methyl/N-ethyl adjacent to an activating group) is 1. The fraction of sp³-hybridized carbons (Fsp3) is 0.900. The van der Waals surface area contributed by atoms with Gasteiger partial charge < -0.3 is 15.0 Å². The van der Waals surface area contributed by atoms with Gasteiger partial charge in [-0.15, -0.1) is 0 Å². The van der Waals surface area contributed by atoms with Crippen molar-refractivity contribution < 1.29 is 9.53 Å². The molecule has 0 spiro atoms. The molecule has 2 aliphatic rings. The van der Waals surface area contributed by atoms with Crippen LogP contribution in [-0.4, -0.2) is 49.7 Å². The Hall–Kier alpha value is -0.610. The predicted octanol–water partition coefficient (Wildman–Crippen LogP) is -0.0143. The molecule has 2 heterocycles. The molecule has 0 saturated carbocycles. The second-order valence-corrected chi connectivity index (χ2v) is 4.12. The number of nitrogens with one attached hydrogen (secondary N) is 1. The van der Waals surface area contributed by atoms with Gasteiger partial charge in [0.15, 0.2) is 0 Å². The molecule has 0 radical (unpaired) electrons. The van der Waals surface area contributed by atoms with Gasteiger partial charge in [-0.1, -0.05) is 0 Å². The Morgan fingerprint density at radius 1 is 1.36 bits per heavy atom. The van der Waals surface area contributed by atoms with Crippen LogP contribution in [0.2, 0.25) is 0 Å². The first-order valence-corrected chi connectivity index (χ1v) is 5.38. The van der Waals surface area contributed by atoms with E-state index in [0.29, 0.717) is 0 Å². The van der Waals surface area contributed by atoms with Crippen LogP contribution in [0.4, 0.5) is 0 Å². The molecule has 2 fully saturated rings. The van der Waals surface area contributed by atoms with Gasteiger partial charge in [-0.05, 0) is 25.9 Å². The number of amides is 1. The molecule has 1 unspecified atom stereocenters. The van der Waals surface area contributed by atoms with E-state index in [1.54, 1.807) is 4.90 Å². The summed E-state index contributed by atoms with van der Waals surface area (Å²) in [5.74, 6) is 0.156. The summed E-state index contributed by atoms with van der Waals surface area (Å²) in [5, 5.41) is 3.28. The van der Waals surface area contributed by atoms with Gasteiger partial charge in [0.05, 0.1) is 6.10 Å². The number of nitrogens with zero attached hydrogens (tertiary/aromatic N) is 1. The van der Waals surface area contributed by atoms with Crippen molar-refractivity contribution in [1.29, 1.82) is 0 Å². The fourth-order valence-corrected chi connectivity index (χ4v) is 2.08. The minimum atomic E-state index is -0.164. The number of piperidine rings is 1. The summed E-state index contributed by atoms with van der Waals surface area (Å²) in [5.41, 5.74) is 0. The minimum Gasteiger partial charge on any atom is -0.365 e. The average Bonchev–Trinajstić information content (AvgIpc) is 2.52. The van der Waals surface area contributed by atoms with E-state index >= 15 is 0 Å². The number of hydrogen-bond acceptors (Lipinski definition) is 3. The van der Waals surface area contributed by atoms with Crippen LogP contribution in [0.5, 0.6) is 0 Å². The molecular weight excluding hydrogens is 180 g/mol. The maximum Gasteiger partial charge on any atom is 0.251 e. The normalized spacial score (nSPS) is 29.9. The Bertz CT molecular complexity index is 214. The highest BCUT2D eigenvalue weighted by Crippen LogP contribution is 2.18. The van der Waals surface area contributed by atoms with Crippen LogP contribution in [0.1, 0.15) is 19.3 Å². The molecule has 2 rings (SSSR count). The van der Waals surface area contributed by atoms with E-state index < -0.39 is 0 Å². The highest BCUT2D eigenvalue weighted by Gasteiger charge is 2.32. The van der Waals surface area contributed by atoms with Gasteiger partial charge in [0.2, 0.25) is 0 Å². The topological polar surface area (TPSA) is 41.6 Å². The van der Waals surface area contributed by atoms with Crippen LogP contribution >= 0.6 is 0 Å². The van der Waals surface area contributed by atoms with Crippen molar-refractivity contribution in [3.05, 3.63) is 0 Å². The summed E-state index contributed by atoms with van der Waals surface area (Å²) in [7, 11) is 1.84. The third-order valence-electron chi connectivity index (χ3n) is 3.02. The average molecular weight is 198 g/mol. The maximum absolute atomic E-state index is 11.6. The number of rotatable bonds is 2. The molecule has 0 aliphatic carbocycles. The van der Waals surface area contributed by atoms with Crippen molar-refractivity contribution in [2.24, 2.45) is 0 Å². The van der Waals surface area contributed by atoms with Crippen LogP contribution in [0.25, 0.3) is 0 Å². The fourth-order valence-electron chi connectivity index (χ4n) is 2.08. The molecule has 2 saturated heterocycles. The van der Waals surface area contributed by atoms with Gasteiger partial charge in [-0.3, -0.25) is 4.79 Å². The SMILES string of the molecule is CN1CCC(OC2CCNCC2)C1=O.